The number of ether oxygens (including phenoxy) is 1. The van der Waals surface area contributed by atoms with Crippen LogP contribution in [0.4, 0.5) is 0 Å². The highest BCUT2D eigenvalue weighted by Crippen LogP contribution is 2.26. The van der Waals surface area contributed by atoms with E-state index in [-0.39, 0.29) is 30.6 Å². The predicted octanol–water partition coefficient (Wildman–Crippen LogP) is 0.348. The van der Waals surface area contributed by atoms with Gasteiger partial charge in [-0.2, -0.15) is 11.8 Å². The monoisotopic (exact) mass is 245 g/mol. The third kappa shape index (κ3) is 2.52. The van der Waals surface area contributed by atoms with Gasteiger partial charge in [-0.25, -0.2) is 0 Å². The van der Waals surface area contributed by atoms with Gasteiger partial charge in [-0.15, -0.1) is 0 Å². The van der Waals surface area contributed by atoms with Crippen LogP contribution >= 0.6 is 11.8 Å². The minimum absolute atomic E-state index is 0.00405. The van der Waals surface area contributed by atoms with E-state index in [4.69, 9.17) is 9.84 Å². The number of carbonyl (C=O) groups is 1. The van der Waals surface area contributed by atoms with Crippen molar-refractivity contribution >= 4 is 17.7 Å². The maximum Gasteiger partial charge on any atom is 0.226 e. The molecule has 16 heavy (non-hydrogen) atoms. The van der Waals surface area contributed by atoms with Crippen LogP contribution in [0.2, 0.25) is 0 Å². The Labute approximate surface area is 100 Å². The van der Waals surface area contributed by atoms with Crippen LogP contribution in [0.1, 0.15) is 13.3 Å². The zero-order chi connectivity index (χ0) is 11.5. The molecule has 5 heteroatoms. The van der Waals surface area contributed by atoms with Crippen LogP contribution in [-0.4, -0.2) is 59.3 Å². The molecule has 0 aromatic rings. The van der Waals surface area contributed by atoms with E-state index in [1.54, 1.807) is 0 Å². The topological polar surface area (TPSA) is 49.8 Å². The molecular formula is C11H19NO3S. The number of carbonyl (C=O) groups excluding carboxylic acids is 1. The quantitative estimate of drug-likeness (QED) is 0.762. The Hall–Kier alpha value is -0.260. The largest absolute Gasteiger partial charge is 0.394 e. The first-order valence-electron chi connectivity index (χ1n) is 5.83. The van der Waals surface area contributed by atoms with Crippen LogP contribution in [-0.2, 0) is 9.53 Å². The van der Waals surface area contributed by atoms with Gasteiger partial charge in [-0.1, -0.05) is 0 Å². The van der Waals surface area contributed by atoms with Gasteiger partial charge in [0.1, 0.15) is 0 Å². The third-order valence-electron chi connectivity index (χ3n) is 3.27. The van der Waals surface area contributed by atoms with Gasteiger partial charge in [0.05, 0.1) is 25.4 Å². The second-order valence-corrected chi connectivity index (χ2v) is 5.69. The van der Waals surface area contributed by atoms with Gasteiger partial charge in [0.15, 0.2) is 0 Å². The molecule has 2 rings (SSSR count). The summed E-state index contributed by atoms with van der Waals surface area (Å²) in [6.45, 7) is 3.08. The summed E-state index contributed by atoms with van der Waals surface area (Å²) in [5, 5.41) is 9.08. The number of thioether (sulfide) groups is 1. The molecule has 0 spiro atoms. The lowest BCUT2D eigenvalue weighted by Gasteiger charge is -2.38. The lowest BCUT2D eigenvalue weighted by atomic mass is 10.1. The van der Waals surface area contributed by atoms with E-state index in [0.29, 0.717) is 13.2 Å². The first kappa shape index (κ1) is 12.2. The zero-order valence-corrected chi connectivity index (χ0v) is 10.4. The lowest BCUT2D eigenvalue weighted by Crippen LogP contribution is -2.53. The van der Waals surface area contributed by atoms with Gasteiger partial charge in [0.2, 0.25) is 5.91 Å². The number of amides is 1. The van der Waals surface area contributed by atoms with Gasteiger partial charge in [0, 0.05) is 18.2 Å². The molecule has 0 aliphatic carbocycles. The SMILES string of the molecule is CC1COC(CO)CN1C(=O)C1CCSC1. The van der Waals surface area contributed by atoms with E-state index in [0.717, 1.165) is 17.9 Å². The Balaban J connectivity index is 1.97. The number of aliphatic hydroxyl groups excluding tert-OH is 1. The van der Waals surface area contributed by atoms with E-state index in [9.17, 15) is 4.79 Å². The molecule has 1 amide bonds. The summed E-state index contributed by atoms with van der Waals surface area (Å²) >= 11 is 1.85. The molecule has 2 fully saturated rings. The number of hydrogen-bond donors (Lipinski definition) is 1. The molecule has 3 atom stereocenters. The van der Waals surface area contributed by atoms with Gasteiger partial charge in [0.25, 0.3) is 0 Å². The Morgan fingerprint density at radius 3 is 3.06 bits per heavy atom. The fraction of sp³-hybridized carbons (Fsp3) is 0.909. The summed E-state index contributed by atoms with van der Waals surface area (Å²) in [6, 6.07) is 0.140. The van der Waals surface area contributed by atoms with Gasteiger partial charge < -0.3 is 14.7 Å². The Bertz CT molecular complexity index is 256. The molecule has 0 aromatic heterocycles. The average Bonchev–Trinajstić information content (AvgIpc) is 2.82. The molecule has 0 saturated carbocycles. The molecule has 4 nitrogen and oxygen atoms in total. The maximum atomic E-state index is 12.2. The molecular weight excluding hydrogens is 226 g/mol. The van der Waals surface area contributed by atoms with Crippen LogP contribution in [0.25, 0.3) is 0 Å². The molecule has 2 heterocycles. The molecule has 2 aliphatic heterocycles. The normalized spacial score (nSPS) is 35.4. The molecule has 1 N–H and O–H groups in total. The molecule has 0 bridgehead atoms. The van der Waals surface area contributed by atoms with Crippen molar-refractivity contribution in [2.24, 2.45) is 5.92 Å². The van der Waals surface area contributed by atoms with Gasteiger partial charge in [-0.3, -0.25) is 4.79 Å². The van der Waals surface area contributed by atoms with Crippen molar-refractivity contribution in [3.63, 3.8) is 0 Å². The maximum absolute atomic E-state index is 12.2. The summed E-state index contributed by atoms with van der Waals surface area (Å²) < 4.78 is 5.43. The Morgan fingerprint density at radius 2 is 2.44 bits per heavy atom. The van der Waals surface area contributed by atoms with Crippen LogP contribution in [0, 0.1) is 5.92 Å². The smallest absolute Gasteiger partial charge is 0.226 e. The Morgan fingerprint density at radius 1 is 1.62 bits per heavy atom. The van der Waals surface area contributed by atoms with Crippen molar-refractivity contribution < 1.29 is 14.6 Å². The second kappa shape index (κ2) is 5.38. The summed E-state index contributed by atoms with van der Waals surface area (Å²) in [5.41, 5.74) is 0. The Kier molecular flexibility index (Phi) is 4.10. The van der Waals surface area contributed by atoms with E-state index in [1.165, 1.54) is 0 Å². The lowest BCUT2D eigenvalue weighted by molar-refractivity contribution is -0.149. The number of nitrogens with zero attached hydrogens (tertiary/aromatic N) is 1. The molecule has 0 aromatic carbocycles. The fourth-order valence-electron chi connectivity index (χ4n) is 2.20. The van der Waals surface area contributed by atoms with E-state index in [2.05, 4.69) is 0 Å². The number of hydrogen-bond acceptors (Lipinski definition) is 4. The first-order chi connectivity index (χ1) is 7.72. The number of morpholine rings is 1. The van der Waals surface area contributed by atoms with Crippen molar-refractivity contribution in [3.05, 3.63) is 0 Å². The van der Waals surface area contributed by atoms with Crippen molar-refractivity contribution in [3.8, 4) is 0 Å². The van der Waals surface area contributed by atoms with E-state index < -0.39 is 0 Å². The molecule has 0 radical (unpaired) electrons. The van der Waals surface area contributed by atoms with Crippen LogP contribution in [0.15, 0.2) is 0 Å². The summed E-state index contributed by atoms with van der Waals surface area (Å²) in [7, 11) is 0. The molecule has 2 saturated heterocycles. The third-order valence-corrected chi connectivity index (χ3v) is 4.43. The first-order valence-corrected chi connectivity index (χ1v) is 6.98. The standard InChI is InChI=1S/C11H19NO3S/c1-8-6-15-10(5-13)4-12(8)11(14)9-2-3-16-7-9/h8-10,13H,2-7H2,1H3. The van der Waals surface area contributed by atoms with Gasteiger partial charge in [-0.05, 0) is 19.1 Å². The van der Waals surface area contributed by atoms with Crippen LogP contribution < -0.4 is 0 Å². The predicted molar refractivity (Wildman–Crippen MR) is 63.4 cm³/mol. The second-order valence-electron chi connectivity index (χ2n) is 4.54. The van der Waals surface area contributed by atoms with E-state index in [1.807, 2.05) is 23.6 Å². The molecule has 3 unspecified atom stereocenters. The molecule has 92 valence electrons. The number of rotatable bonds is 2. The van der Waals surface area contributed by atoms with Crippen LogP contribution in [0.5, 0.6) is 0 Å². The van der Waals surface area contributed by atoms with Crippen molar-refractivity contribution in [1.82, 2.24) is 4.90 Å². The average molecular weight is 245 g/mol. The highest BCUT2D eigenvalue weighted by atomic mass is 32.2. The highest BCUT2D eigenvalue weighted by molar-refractivity contribution is 7.99. The minimum Gasteiger partial charge on any atom is -0.394 e. The van der Waals surface area contributed by atoms with Crippen molar-refractivity contribution in [2.45, 2.75) is 25.5 Å². The molecule has 2 aliphatic rings. The van der Waals surface area contributed by atoms with Gasteiger partial charge >= 0.3 is 0 Å². The number of aliphatic hydroxyl groups is 1. The fourth-order valence-corrected chi connectivity index (χ4v) is 3.41. The van der Waals surface area contributed by atoms with E-state index >= 15 is 0 Å². The summed E-state index contributed by atoms with van der Waals surface area (Å²) in [4.78, 5) is 14.1. The minimum atomic E-state index is -0.200. The summed E-state index contributed by atoms with van der Waals surface area (Å²) in [6.07, 6.45) is 0.798. The van der Waals surface area contributed by atoms with Crippen molar-refractivity contribution in [1.29, 1.82) is 0 Å². The zero-order valence-electron chi connectivity index (χ0n) is 9.59. The van der Waals surface area contributed by atoms with Crippen LogP contribution in [0.3, 0.4) is 0 Å². The highest BCUT2D eigenvalue weighted by Gasteiger charge is 2.34. The summed E-state index contributed by atoms with van der Waals surface area (Å²) in [5.74, 6) is 2.48. The van der Waals surface area contributed by atoms with Crippen molar-refractivity contribution in [2.75, 3.05) is 31.3 Å².